The standard InChI is InChI=1S/C16H25NO4/c1-14(2)15(3)7-8-16(14,21-12(15)18)13(19)20-11-5-9-17(4)10-6-11/h11H,5-10H2,1-4H3/t15-,16+/m1/s1. The predicted molar refractivity (Wildman–Crippen MR) is 76.6 cm³/mol. The number of likely N-dealkylation sites (tertiary alicyclic amines) is 1. The maximum absolute atomic E-state index is 12.8. The van der Waals surface area contributed by atoms with Gasteiger partial charge >= 0.3 is 11.9 Å². The normalized spacial score (nSPS) is 39.3. The second-order valence-electron chi connectivity index (χ2n) is 7.58. The average molecular weight is 295 g/mol. The number of nitrogens with zero attached hydrogens (tertiary/aromatic N) is 1. The summed E-state index contributed by atoms with van der Waals surface area (Å²) in [5.41, 5.74) is -2.17. The fourth-order valence-corrected chi connectivity index (χ4v) is 4.05. The largest absolute Gasteiger partial charge is 0.459 e. The topological polar surface area (TPSA) is 55.8 Å². The van der Waals surface area contributed by atoms with Crippen LogP contribution in [-0.2, 0) is 19.1 Å². The van der Waals surface area contributed by atoms with Crippen molar-refractivity contribution in [3.05, 3.63) is 0 Å². The van der Waals surface area contributed by atoms with E-state index in [9.17, 15) is 9.59 Å². The van der Waals surface area contributed by atoms with E-state index in [-0.39, 0.29) is 18.0 Å². The molecule has 0 aromatic carbocycles. The quantitative estimate of drug-likeness (QED) is 0.726. The molecule has 0 aromatic heterocycles. The molecule has 5 heteroatoms. The summed E-state index contributed by atoms with van der Waals surface area (Å²) >= 11 is 0. The van der Waals surface area contributed by atoms with E-state index in [0.29, 0.717) is 12.8 Å². The molecule has 21 heavy (non-hydrogen) atoms. The van der Waals surface area contributed by atoms with Crippen LogP contribution in [0.3, 0.4) is 0 Å². The highest BCUT2D eigenvalue weighted by atomic mass is 16.6. The maximum Gasteiger partial charge on any atom is 0.351 e. The van der Waals surface area contributed by atoms with Crippen LogP contribution in [0.25, 0.3) is 0 Å². The molecule has 0 spiro atoms. The highest BCUT2D eigenvalue weighted by Gasteiger charge is 2.76. The summed E-state index contributed by atoms with van der Waals surface area (Å²) in [6, 6.07) is 0. The number of carbonyl (C=O) groups excluding carboxylic acids is 2. The zero-order valence-corrected chi connectivity index (χ0v) is 13.4. The van der Waals surface area contributed by atoms with Gasteiger partial charge in [-0.25, -0.2) is 4.79 Å². The zero-order chi connectivity index (χ0) is 15.5. The molecule has 0 radical (unpaired) electrons. The van der Waals surface area contributed by atoms with Gasteiger partial charge in [-0.1, -0.05) is 13.8 Å². The Labute approximate surface area is 126 Å². The molecule has 0 aromatic rings. The van der Waals surface area contributed by atoms with E-state index in [0.717, 1.165) is 25.9 Å². The number of rotatable bonds is 2. The van der Waals surface area contributed by atoms with Crippen LogP contribution in [0.5, 0.6) is 0 Å². The number of hydrogen-bond acceptors (Lipinski definition) is 5. The lowest BCUT2D eigenvalue weighted by molar-refractivity contribution is -0.188. The van der Waals surface area contributed by atoms with Gasteiger partial charge in [0, 0.05) is 18.5 Å². The minimum atomic E-state index is -1.08. The van der Waals surface area contributed by atoms with E-state index in [2.05, 4.69) is 11.9 Å². The highest BCUT2D eigenvalue weighted by molar-refractivity contribution is 5.93. The Morgan fingerprint density at radius 1 is 1.24 bits per heavy atom. The molecule has 0 N–H and O–H groups in total. The second-order valence-corrected chi connectivity index (χ2v) is 7.58. The molecule has 1 saturated carbocycles. The lowest BCUT2D eigenvalue weighted by atomic mass is 9.66. The summed E-state index contributed by atoms with van der Waals surface area (Å²) in [6.45, 7) is 7.70. The molecule has 3 fully saturated rings. The Hall–Kier alpha value is -1.10. The van der Waals surface area contributed by atoms with Crippen LogP contribution in [0.2, 0.25) is 0 Å². The number of fused-ring (bicyclic) bond motifs is 2. The van der Waals surface area contributed by atoms with Gasteiger partial charge < -0.3 is 14.4 Å². The van der Waals surface area contributed by atoms with Gasteiger partial charge in [0.15, 0.2) is 0 Å². The molecule has 0 unspecified atom stereocenters. The molecule has 0 amide bonds. The minimum absolute atomic E-state index is 0.0509. The van der Waals surface area contributed by atoms with E-state index in [1.165, 1.54) is 0 Å². The van der Waals surface area contributed by atoms with E-state index in [1.807, 2.05) is 20.8 Å². The van der Waals surface area contributed by atoms with Crippen LogP contribution in [0.1, 0.15) is 46.5 Å². The van der Waals surface area contributed by atoms with Crippen LogP contribution in [0.15, 0.2) is 0 Å². The molecular formula is C16H25NO4. The Bertz CT molecular complexity index is 481. The molecule has 1 aliphatic carbocycles. The Kier molecular flexibility index (Phi) is 3.14. The van der Waals surface area contributed by atoms with E-state index >= 15 is 0 Å². The third-order valence-corrected chi connectivity index (χ3v) is 6.35. The summed E-state index contributed by atoms with van der Waals surface area (Å²) in [7, 11) is 2.07. The van der Waals surface area contributed by atoms with Crippen molar-refractivity contribution in [3.63, 3.8) is 0 Å². The zero-order valence-electron chi connectivity index (χ0n) is 13.4. The van der Waals surface area contributed by atoms with Crippen molar-refractivity contribution in [2.75, 3.05) is 20.1 Å². The van der Waals surface area contributed by atoms with Crippen LogP contribution in [0.4, 0.5) is 0 Å². The van der Waals surface area contributed by atoms with Gasteiger partial charge in [0.1, 0.15) is 6.10 Å². The molecule has 118 valence electrons. The second kappa shape index (κ2) is 4.45. The number of carbonyl (C=O) groups is 2. The molecule has 3 aliphatic rings. The molecule has 5 nitrogen and oxygen atoms in total. The summed E-state index contributed by atoms with van der Waals surface area (Å²) in [6.07, 6.45) is 2.92. The molecular weight excluding hydrogens is 270 g/mol. The van der Waals surface area contributed by atoms with Gasteiger partial charge in [-0.2, -0.15) is 0 Å². The van der Waals surface area contributed by atoms with Crippen molar-refractivity contribution < 1.29 is 19.1 Å². The molecule has 3 rings (SSSR count). The van der Waals surface area contributed by atoms with Crippen molar-refractivity contribution in [2.24, 2.45) is 10.8 Å². The lowest BCUT2D eigenvalue weighted by Gasteiger charge is -2.36. The maximum atomic E-state index is 12.8. The van der Waals surface area contributed by atoms with Crippen LogP contribution in [-0.4, -0.2) is 48.7 Å². The highest BCUT2D eigenvalue weighted by Crippen LogP contribution is 2.65. The molecule has 2 saturated heterocycles. The van der Waals surface area contributed by atoms with Crippen LogP contribution < -0.4 is 0 Å². The SMILES string of the molecule is CN1CCC(OC(=O)[C@]23CC[C@](C)(C(=O)O2)C3(C)C)CC1. The first kappa shape index (κ1) is 14.8. The summed E-state index contributed by atoms with van der Waals surface area (Å²) in [5.74, 6) is -0.587. The molecule has 2 bridgehead atoms. The first-order valence-electron chi connectivity index (χ1n) is 7.86. The van der Waals surface area contributed by atoms with Crippen molar-refractivity contribution in [1.29, 1.82) is 0 Å². The van der Waals surface area contributed by atoms with Crippen LogP contribution in [0, 0.1) is 10.8 Å². The Morgan fingerprint density at radius 2 is 1.86 bits per heavy atom. The fourth-order valence-electron chi connectivity index (χ4n) is 4.05. The van der Waals surface area contributed by atoms with Gasteiger partial charge in [-0.3, -0.25) is 4.79 Å². The van der Waals surface area contributed by atoms with Gasteiger partial charge in [0.05, 0.1) is 5.41 Å². The number of piperidine rings is 1. The molecule has 2 aliphatic heterocycles. The third-order valence-electron chi connectivity index (χ3n) is 6.35. The van der Waals surface area contributed by atoms with Gasteiger partial charge in [0.2, 0.25) is 5.60 Å². The van der Waals surface area contributed by atoms with E-state index in [4.69, 9.17) is 9.47 Å². The van der Waals surface area contributed by atoms with Crippen molar-refractivity contribution >= 4 is 11.9 Å². The number of hydrogen-bond donors (Lipinski definition) is 0. The lowest BCUT2D eigenvalue weighted by Crippen LogP contribution is -2.50. The van der Waals surface area contributed by atoms with Gasteiger partial charge in [-0.05, 0) is 39.7 Å². The first-order valence-corrected chi connectivity index (χ1v) is 7.86. The van der Waals surface area contributed by atoms with Crippen molar-refractivity contribution in [2.45, 2.75) is 58.2 Å². The van der Waals surface area contributed by atoms with Crippen LogP contribution >= 0.6 is 0 Å². The van der Waals surface area contributed by atoms with Gasteiger partial charge in [0.25, 0.3) is 0 Å². The smallest absolute Gasteiger partial charge is 0.351 e. The summed E-state index contributed by atoms with van der Waals surface area (Å²) < 4.78 is 11.3. The Balaban J connectivity index is 1.77. The number of esters is 2. The molecule has 2 atom stereocenters. The Morgan fingerprint density at radius 3 is 2.33 bits per heavy atom. The van der Waals surface area contributed by atoms with Crippen molar-refractivity contribution in [3.8, 4) is 0 Å². The molecule has 2 heterocycles. The van der Waals surface area contributed by atoms with E-state index < -0.39 is 16.4 Å². The van der Waals surface area contributed by atoms with Crippen molar-refractivity contribution in [1.82, 2.24) is 4.90 Å². The summed E-state index contributed by atoms with van der Waals surface area (Å²) in [5, 5.41) is 0. The predicted octanol–water partition coefficient (Wildman–Crippen LogP) is 1.75. The van der Waals surface area contributed by atoms with E-state index in [1.54, 1.807) is 0 Å². The monoisotopic (exact) mass is 295 g/mol. The average Bonchev–Trinajstić information content (AvgIpc) is 2.72. The third kappa shape index (κ3) is 1.79. The fraction of sp³-hybridized carbons (Fsp3) is 0.875. The number of ether oxygens (including phenoxy) is 2. The summed E-state index contributed by atoms with van der Waals surface area (Å²) in [4.78, 5) is 27.2. The first-order chi connectivity index (χ1) is 9.73. The minimum Gasteiger partial charge on any atom is -0.459 e. The van der Waals surface area contributed by atoms with Gasteiger partial charge in [-0.15, -0.1) is 0 Å².